The topological polar surface area (TPSA) is 63.1 Å². The lowest BCUT2D eigenvalue weighted by atomic mass is 10.1. The van der Waals surface area contributed by atoms with Gasteiger partial charge in [0.05, 0.1) is 11.3 Å². The number of aromatic nitrogens is 2. The molecule has 1 aromatic heterocycles. The summed E-state index contributed by atoms with van der Waals surface area (Å²) in [5.74, 6) is 0.355. The Morgan fingerprint density at radius 1 is 1.64 bits per heavy atom. The first-order valence-corrected chi connectivity index (χ1v) is 4.72. The standard InChI is InChI=1S/C10H12N2O2/c1-6-11-5-8(10(13)14)9(12-6)4-7-2-3-7/h5,7H,2-4H2,1H3,(H,13,14). The average molecular weight is 192 g/mol. The van der Waals surface area contributed by atoms with Crippen molar-refractivity contribution >= 4 is 5.97 Å². The highest BCUT2D eigenvalue weighted by molar-refractivity contribution is 5.88. The summed E-state index contributed by atoms with van der Waals surface area (Å²) < 4.78 is 0. The fourth-order valence-electron chi connectivity index (χ4n) is 1.45. The van der Waals surface area contributed by atoms with Crippen LogP contribution in [0.4, 0.5) is 0 Å². The molecule has 0 aliphatic heterocycles. The van der Waals surface area contributed by atoms with Gasteiger partial charge in [-0.1, -0.05) is 0 Å². The quantitative estimate of drug-likeness (QED) is 0.787. The molecule has 1 N–H and O–H groups in total. The number of rotatable bonds is 3. The summed E-state index contributed by atoms with van der Waals surface area (Å²) in [7, 11) is 0. The van der Waals surface area contributed by atoms with Crippen LogP contribution in [-0.4, -0.2) is 21.0 Å². The van der Waals surface area contributed by atoms with Gasteiger partial charge in [-0.3, -0.25) is 0 Å². The molecule has 1 aliphatic carbocycles. The normalized spacial score (nSPS) is 15.5. The van der Waals surface area contributed by atoms with Gasteiger partial charge in [0, 0.05) is 6.20 Å². The van der Waals surface area contributed by atoms with Gasteiger partial charge < -0.3 is 5.11 Å². The van der Waals surface area contributed by atoms with Gasteiger partial charge in [0.15, 0.2) is 0 Å². The van der Waals surface area contributed by atoms with Crippen LogP contribution >= 0.6 is 0 Å². The number of hydrogen-bond donors (Lipinski definition) is 1. The zero-order chi connectivity index (χ0) is 10.1. The van der Waals surface area contributed by atoms with E-state index in [0.29, 0.717) is 17.4 Å². The van der Waals surface area contributed by atoms with Crippen LogP contribution in [0, 0.1) is 12.8 Å². The van der Waals surface area contributed by atoms with Crippen LogP contribution in [0.5, 0.6) is 0 Å². The minimum Gasteiger partial charge on any atom is -0.478 e. The zero-order valence-electron chi connectivity index (χ0n) is 8.03. The molecule has 0 saturated heterocycles. The molecule has 0 amide bonds. The Morgan fingerprint density at radius 3 is 2.93 bits per heavy atom. The molecule has 2 rings (SSSR count). The molecule has 14 heavy (non-hydrogen) atoms. The first kappa shape index (κ1) is 9.12. The van der Waals surface area contributed by atoms with Crippen molar-refractivity contribution in [3.05, 3.63) is 23.3 Å². The Labute approximate surface area is 82.0 Å². The van der Waals surface area contributed by atoms with E-state index in [4.69, 9.17) is 5.11 Å². The molecule has 0 aromatic carbocycles. The van der Waals surface area contributed by atoms with Crippen molar-refractivity contribution in [3.63, 3.8) is 0 Å². The van der Waals surface area contributed by atoms with E-state index >= 15 is 0 Å². The van der Waals surface area contributed by atoms with Crippen molar-refractivity contribution in [3.8, 4) is 0 Å². The minimum atomic E-state index is -0.930. The monoisotopic (exact) mass is 192 g/mol. The molecule has 1 aliphatic rings. The second kappa shape index (κ2) is 3.36. The summed E-state index contributed by atoms with van der Waals surface area (Å²) in [4.78, 5) is 18.9. The van der Waals surface area contributed by atoms with E-state index in [0.717, 1.165) is 6.42 Å². The van der Waals surface area contributed by atoms with Crippen LogP contribution in [0.2, 0.25) is 0 Å². The summed E-state index contributed by atoms with van der Waals surface area (Å²) >= 11 is 0. The summed E-state index contributed by atoms with van der Waals surface area (Å²) in [6, 6.07) is 0. The predicted molar refractivity (Wildman–Crippen MR) is 50.2 cm³/mol. The summed E-state index contributed by atoms with van der Waals surface area (Å²) in [6.07, 6.45) is 4.58. The lowest BCUT2D eigenvalue weighted by molar-refractivity contribution is 0.0694. The first-order valence-electron chi connectivity index (χ1n) is 4.72. The number of carbonyl (C=O) groups is 1. The van der Waals surface area contributed by atoms with E-state index in [9.17, 15) is 4.79 Å². The summed E-state index contributed by atoms with van der Waals surface area (Å²) in [5.41, 5.74) is 0.940. The second-order valence-electron chi connectivity index (χ2n) is 3.73. The van der Waals surface area contributed by atoms with Gasteiger partial charge >= 0.3 is 5.97 Å². The third-order valence-electron chi connectivity index (χ3n) is 2.40. The molecule has 1 saturated carbocycles. The van der Waals surface area contributed by atoms with Crippen LogP contribution in [-0.2, 0) is 6.42 Å². The molecular formula is C10H12N2O2. The first-order chi connectivity index (χ1) is 6.66. The van der Waals surface area contributed by atoms with Gasteiger partial charge in [0.1, 0.15) is 5.82 Å². The molecule has 0 bridgehead atoms. The van der Waals surface area contributed by atoms with E-state index < -0.39 is 5.97 Å². The van der Waals surface area contributed by atoms with Crippen LogP contribution in [0.1, 0.15) is 34.7 Å². The van der Waals surface area contributed by atoms with Gasteiger partial charge in [0.2, 0.25) is 0 Å². The van der Waals surface area contributed by atoms with E-state index in [1.165, 1.54) is 19.0 Å². The van der Waals surface area contributed by atoms with Crippen LogP contribution < -0.4 is 0 Å². The predicted octanol–water partition coefficient (Wildman–Crippen LogP) is 1.44. The van der Waals surface area contributed by atoms with Crippen molar-refractivity contribution in [2.75, 3.05) is 0 Å². The molecule has 0 spiro atoms. The third kappa shape index (κ3) is 1.89. The Hall–Kier alpha value is -1.45. The molecule has 4 heteroatoms. The number of nitrogens with zero attached hydrogens (tertiary/aromatic N) is 2. The Morgan fingerprint density at radius 2 is 2.36 bits per heavy atom. The van der Waals surface area contributed by atoms with Crippen molar-refractivity contribution < 1.29 is 9.90 Å². The van der Waals surface area contributed by atoms with Crippen molar-refractivity contribution in [1.82, 2.24) is 9.97 Å². The number of carboxylic acid groups (broad SMARTS) is 1. The SMILES string of the molecule is Cc1ncc(C(=O)O)c(CC2CC2)n1. The largest absolute Gasteiger partial charge is 0.478 e. The second-order valence-corrected chi connectivity index (χ2v) is 3.73. The van der Waals surface area contributed by atoms with Gasteiger partial charge in [0.25, 0.3) is 0 Å². The number of aryl methyl sites for hydroxylation is 1. The highest BCUT2D eigenvalue weighted by Crippen LogP contribution is 2.32. The van der Waals surface area contributed by atoms with Crippen LogP contribution in [0.3, 0.4) is 0 Å². The van der Waals surface area contributed by atoms with Gasteiger partial charge in [-0.25, -0.2) is 14.8 Å². The van der Waals surface area contributed by atoms with E-state index in [-0.39, 0.29) is 5.56 Å². The van der Waals surface area contributed by atoms with Crippen LogP contribution in [0.25, 0.3) is 0 Å². The number of aromatic carboxylic acids is 1. The van der Waals surface area contributed by atoms with Gasteiger partial charge in [-0.15, -0.1) is 0 Å². The van der Waals surface area contributed by atoms with Crippen molar-refractivity contribution in [2.45, 2.75) is 26.2 Å². The maximum atomic E-state index is 10.9. The Kier molecular flexibility index (Phi) is 2.19. The maximum Gasteiger partial charge on any atom is 0.339 e. The van der Waals surface area contributed by atoms with Crippen molar-refractivity contribution in [1.29, 1.82) is 0 Å². The Bertz CT molecular complexity index is 372. The average Bonchev–Trinajstić information content (AvgIpc) is 2.87. The van der Waals surface area contributed by atoms with Gasteiger partial charge in [-0.2, -0.15) is 0 Å². The molecule has 1 aromatic rings. The summed E-state index contributed by atoms with van der Waals surface area (Å²) in [5, 5.41) is 8.91. The fourth-order valence-corrected chi connectivity index (χ4v) is 1.45. The molecule has 0 atom stereocenters. The molecular weight excluding hydrogens is 180 g/mol. The maximum absolute atomic E-state index is 10.9. The lowest BCUT2D eigenvalue weighted by Gasteiger charge is -2.04. The fraction of sp³-hybridized carbons (Fsp3) is 0.500. The van der Waals surface area contributed by atoms with E-state index in [1.807, 2.05) is 0 Å². The highest BCUT2D eigenvalue weighted by Gasteiger charge is 2.25. The van der Waals surface area contributed by atoms with E-state index in [2.05, 4.69) is 9.97 Å². The summed E-state index contributed by atoms with van der Waals surface area (Å²) in [6.45, 7) is 1.78. The Balaban J connectivity index is 2.31. The van der Waals surface area contributed by atoms with Crippen molar-refractivity contribution in [2.24, 2.45) is 5.92 Å². The molecule has 1 heterocycles. The minimum absolute atomic E-state index is 0.252. The zero-order valence-corrected chi connectivity index (χ0v) is 8.03. The number of hydrogen-bond acceptors (Lipinski definition) is 3. The molecule has 4 nitrogen and oxygen atoms in total. The van der Waals surface area contributed by atoms with Gasteiger partial charge in [-0.05, 0) is 32.1 Å². The highest BCUT2D eigenvalue weighted by atomic mass is 16.4. The van der Waals surface area contributed by atoms with Crippen LogP contribution in [0.15, 0.2) is 6.20 Å². The number of carboxylic acids is 1. The molecule has 0 radical (unpaired) electrons. The molecule has 74 valence electrons. The molecule has 1 fully saturated rings. The van der Waals surface area contributed by atoms with E-state index in [1.54, 1.807) is 6.92 Å². The smallest absolute Gasteiger partial charge is 0.339 e. The third-order valence-corrected chi connectivity index (χ3v) is 2.40. The lowest BCUT2D eigenvalue weighted by Crippen LogP contribution is -2.08. The molecule has 0 unspecified atom stereocenters.